The summed E-state index contributed by atoms with van der Waals surface area (Å²) < 4.78 is 0. The predicted molar refractivity (Wildman–Crippen MR) is 101 cm³/mol. The van der Waals surface area contributed by atoms with Crippen LogP contribution in [0.4, 0.5) is 5.69 Å². The Labute approximate surface area is 152 Å². The number of amides is 2. The molecule has 0 aromatic heterocycles. The van der Waals surface area contributed by atoms with Crippen LogP contribution in [0.1, 0.15) is 29.6 Å². The Kier molecular flexibility index (Phi) is 4.73. The molecule has 1 unspecified atom stereocenters. The molecule has 3 fully saturated rings. The molecule has 2 amide bonds. The Balaban J connectivity index is 1.40. The number of carbonyl (C=O) groups is 2. The lowest BCUT2D eigenvalue weighted by atomic mass is 9.92. The van der Waals surface area contributed by atoms with Crippen LogP contribution in [0.2, 0.25) is 0 Å². The third-order valence-corrected chi connectivity index (χ3v) is 6.72. The van der Waals surface area contributed by atoms with Gasteiger partial charge in [-0.1, -0.05) is 6.07 Å². The zero-order chi connectivity index (χ0) is 17.3. The van der Waals surface area contributed by atoms with Crippen molar-refractivity contribution in [1.82, 2.24) is 10.2 Å². The first-order valence-corrected chi connectivity index (χ1v) is 10.3. The number of benzene rings is 1. The highest BCUT2D eigenvalue weighted by atomic mass is 32.2. The van der Waals surface area contributed by atoms with Gasteiger partial charge in [-0.25, -0.2) is 0 Å². The van der Waals surface area contributed by atoms with Crippen molar-refractivity contribution in [2.24, 2.45) is 11.3 Å². The number of anilines is 1. The number of nitrogens with one attached hydrogen (secondary N) is 2. The number of carbonyl (C=O) groups excluding carboxylic acids is 2. The first-order chi connectivity index (χ1) is 12.2. The third kappa shape index (κ3) is 3.55. The zero-order valence-corrected chi connectivity index (χ0v) is 15.2. The highest BCUT2D eigenvalue weighted by molar-refractivity contribution is 7.99. The van der Waals surface area contributed by atoms with Crippen molar-refractivity contribution in [3.05, 3.63) is 29.8 Å². The largest absolute Gasteiger partial charge is 0.337 e. The Bertz CT molecular complexity index is 666. The summed E-state index contributed by atoms with van der Waals surface area (Å²) in [5.74, 6) is 2.31. The molecule has 1 aromatic carbocycles. The number of nitrogens with zero attached hydrogens (tertiary/aromatic N) is 1. The van der Waals surface area contributed by atoms with E-state index in [9.17, 15) is 9.59 Å². The topological polar surface area (TPSA) is 61.4 Å². The van der Waals surface area contributed by atoms with Crippen molar-refractivity contribution in [3.63, 3.8) is 0 Å². The first kappa shape index (κ1) is 16.9. The van der Waals surface area contributed by atoms with E-state index in [1.54, 1.807) is 0 Å². The summed E-state index contributed by atoms with van der Waals surface area (Å²) in [5.41, 5.74) is 1.63. The van der Waals surface area contributed by atoms with Gasteiger partial charge >= 0.3 is 0 Å². The summed E-state index contributed by atoms with van der Waals surface area (Å²) in [4.78, 5) is 27.1. The summed E-state index contributed by atoms with van der Waals surface area (Å²) in [5, 5.41) is 6.40. The first-order valence-electron chi connectivity index (χ1n) is 9.17. The second-order valence-corrected chi connectivity index (χ2v) is 8.57. The molecular formula is C19H25N3O2S. The van der Waals surface area contributed by atoms with E-state index in [1.165, 1.54) is 0 Å². The minimum absolute atomic E-state index is 0.0673. The van der Waals surface area contributed by atoms with Gasteiger partial charge in [0.25, 0.3) is 5.91 Å². The molecule has 134 valence electrons. The number of hydrogen-bond donors (Lipinski definition) is 2. The van der Waals surface area contributed by atoms with Crippen LogP contribution in [0.3, 0.4) is 0 Å². The van der Waals surface area contributed by atoms with Gasteiger partial charge in [0.15, 0.2) is 0 Å². The molecule has 0 radical (unpaired) electrons. The SMILES string of the molecule is O=C(Nc1cccc(C(=O)N2CCSCC2)c1)C1CC12CCNCC2. The molecule has 0 bridgehead atoms. The average molecular weight is 359 g/mol. The number of piperidine rings is 1. The van der Waals surface area contributed by atoms with E-state index in [0.29, 0.717) is 5.56 Å². The van der Waals surface area contributed by atoms with Gasteiger partial charge in [0.05, 0.1) is 0 Å². The summed E-state index contributed by atoms with van der Waals surface area (Å²) in [6.07, 6.45) is 3.19. The standard InChI is InChI=1S/C19H25N3O2S/c23-17(16-13-19(16)4-6-20-7-5-19)21-15-3-1-2-14(12-15)18(24)22-8-10-25-11-9-22/h1-3,12,16,20H,4-11,13H2,(H,21,23). The van der Waals surface area contributed by atoms with Crippen molar-refractivity contribution in [3.8, 4) is 0 Å². The van der Waals surface area contributed by atoms with E-state index < -0.39 is 0 Å². The lowest BCUT2D eigenvalue weighted by molar-refractivity contribution is -0.118. The van der Waals surface area contributed by atoms with E-state index >= 15 is 0 Å². The van der Waals surface area contributed by atoms with Crippen molar-refractivity contribution in [1.29, 1.82) is 0 Å². The maximum absolute atomic E-state index is 12.6. The highest BCUT2D eigenvalue weighted by Crippen LogP contribution is 2.58. The van der Waals surface area contributed by atoms with Crippen molar-refractivity contribution in [2.75, 3.05) is 43.0 Å². The molecule has 2 aliphatic heterocycles. The normalized spacial score (nSPS) is 24.8. The molecule has 1 spiro atoms. The highest BCUT2D eigenvalue weighted by Gasteiger charge is 2.57. The van der Waals surface area contributed by atoms with Crippen LogP contribution in [0.15, 0.2) is 24.3 Å². The van der Waals surface area contributed by atoms with Crippen LogP contribution in [-0.4, -0.2) is 54.4 Å². The van der Waals surface area contributed by atoms with E-state index in [4.69, 9.17) is 0 Å². The summed E-state index contributed by atoms with van der Waals surface area (Å²) in [7, 11) is 0. The van der Waals surface area contributed by atoms with E-state index in [0.717, 1.165) is 62.6 Å². The molecule has 1 aromatic rings. The fourth-order valence-electron chi connectivity index (χ4n) is 4.10. The minimum atomic E-state index is 0.0673. The quantitative estimate of drug-likeness (QED) is 0.869. The smallest absolute Gasteiger partial charge is 0.253 e. The van der Waals surface area contributed by atoms with Gasteiger partial charge in [-0.15, -0.1) is 0 Å². The van der Waals surface area contributed by atoms with Crippen LogP contribution in [0.25, 0.3) is 0 Å². The van der Waals surface area contributed by atoms with Crippen LogP contribution < -0.4 is 10.6 Å². The maximum Gasteiger partial charge on any atom is 0.253 e. The van der Waals surface area contributed by atoms with Gasteiger partial charge in [0.2, 0.25) is 5.91 Å². The van der Waals surface area contributed by atoms with Gasteiger partial charge < -0.3 is 15.5 Å². The Morgan fingerprint density at radius 1 is 1.20 bits per heavy atom. The molecule has 1 saturated carbocycles. The van der Waals surface area contributed by atoms with E-state index in [1.807, 2.05) is 40.9 Å². The molecule has 2 N–H and O–H groups in total. The summed E-state index contributed by atoms with van der Waals surface area (Å²) in [6.45, 7) is 3.64. The fraction of sp³-hybridized carbons (Fsp3) is 0.579. The lowest BCUT2D eigenvalue weighted by Crippen LogP contribution is -2.37. The average Bonchev–Trinajstić information content (AvgIpc) is 3.35. The Morgan fingerprint density at radius 2 is 1.96 bits per heavy atom. The maximum atomic E-state index is 12.6. The van der Waals surface area contributed by atoms with Crippen LogP contribution in [0.5, 0.6) is 0 Å². The van der Waals surface area contributed by atoms with Crippen molar-refractivity contribution >= 4 is 29.3 Å². The molecule has 1 aliphatic carbocycles. The molecule has 25 heavy (non-hydrogen) atoms. The molecule has 6 heteroatoms. The molecule has 4 rings (SSSR count). The van der Waals surface area contributed by atoms with Gasteiger partial charge in [-0.2, -0.15) is 11.8 Å². The van der Waals surface area contributed by atoms with E-state index in [2.05, 4.69) is 10.6 Å². The second kappa shape index (κ2) is 7.00. The van der Waals surface area contributed by atoms with Gasteiger partial charge in [-0.05, 0) is 56.0 Å². The second-order valence-electron chi connectivity index (χ2n) is 7.34. The van der Waals surface area contributed by atoms with Crippen LogP contribution in [0, 0.1) is 11.3 Å². The third-order valence-electron chi connectivity index (χ3n) is 5.78. The fourth-order valence-corrected chi connectivity index (χ4v) is 5.01. The number of hydrogen-bond acceptors (Lipinski definition) is 4. The van der Waals surface area contributed by atoms with Gasteiger partial charge in [0.1, 0.15) is 0 Å². The molecule has 3 aliphatic rings. The molecule has 2 heterocycles. The van der Waals surface area contributed by atoms with Crippen molar-refractivity contribution in [2.45, 2.75) is 19.3 Å². The molecule has 1 atom stereocenters. The van der Waals surface area contributed by atoms with Gasteiger partial charge in [0, 0.05) is 41.8 Å². The Morgan fingerprint density at radius 3 is 2.72 bits per heavy atom. The molecule has 5 nitrogen and oxygen atoms in total. The van der Waals surface area contributed by atoms with E-state index in [-0.39, 0.29) is 23.1 Å². The van der Waals surface area contributed by atoms with Crippen LogP contribution in [-0.2, 0) is 4.79 Å². The minimum Gasteiger partial charge on any atom is -0.337 e. The zero-order valence-electron chi connectivity index (χ0n) is 14.4. The number of rotatable bonds is 3. The monoisotopic (exact) mass is 359 g/mol. The van der Waals surface area contributed by atoms with Gasteiger partial charge in [-0.3, -0.25) is 9.59 Å². The molecular weight excluding hydrogens is 334 g/mol. The summed E-state index contributed by atoms with van der Waals surface area (Å²) >= 11 is 1.89. The summed E-state index contributed by atoms with van der Waals surface area (Å²) in [6, 6.07) is 7.39. The van der Waals surface area contributed by atoms with Crippen LogP contribution >= 0.6 is 11.8 Å². The van der Waals surface area contributed by atoms with Crippen molar-refractivity contribution < 1.29 is 9.59 Å². The lowest BCUT2D eigenvalue weighted by Gasteiger charge is -2.26. The molecule has 2 saturated heterocycles. The number of thioether (sulfide) groups is 1. The predicted octanol–water partition coefficient (Wildman–Crippen LogP) is 2.20. The Hall–Kier alpha value is -1.53.